The van der Waals surface area contributed by atoms with Crippen LogP contribution in [0.2, 0.25) is 0 Å². The van der Waals surface area contributed by atoms with Gasteiger partial charge >= 0.3 is 5.97 Å². The van der Waals surface area contributed by atoms with E-state index in [1.165, 1.54) is 0 Å². The second kappa shape index (κ2) is 3.54. The average molecular weight is 190 g/mol. The van der Waals surface area contributed by atoms with Gasteiger partial charge in [-0.15, -0.1) is 0 Å². The number of rotatable bonds is 2. The van der Waals surface area contributed by atoms with Crippen molar-refractivity contribution >= 4 is 5.97 Å². The van der Waals surface area contributed by atoms with Gasteiger partial charge in [0.15, 0.2) is 0 Å². The predicted molar refractivity (Wildman–Crippen MR) is 51.2 cm³/mol. The van der Waals surface area contributed by atoms with Crippen molar-refractivity contribution in [1.29, 1.82) is 0 Å². The number of aliphatic carboxylic acids is 1. The predicted octanol–water partition coefficient (Wildman–Crippen LogP) is 2.15. The van der Waals surface area contributed by atoms with Crippen LogP contribution in [0.15, 0.2) is 36.6 Å². The number of hydrogen-bond donors (Lipinski definition) is 1. The molecule has 72 valence electrons. The standard InChI is InChI=1S/C11H10O3/c12-11(13)7-8-5-6-14-10-4-2-1-3-9(8)10/h1-6,8H,7H2,(H,12,13). The molecular formula is C11H10O3. The minimum Gasteiger partial charge on any atom is -0.481 e. The maximum atomic E-state index is 10.6. The fraction of sp³-hybridized carbons (Fsp3) is 0.182. The van der Waals surface area contributed by atoms with E-state index in [1.807, 2.05) is 24.3 Å². The van der Waals surface area contributed by atoms with E-state index >= 15 is 0 Å². The van der Waals surface area contributed by atoms with Crippen LogP contribution in [0.25, 0.3) is 0 Å². The molecule has 0 fully saturated rings. The molecule has 0 saturated heterocycles. The molecule has 0 aromatic heterocycles. The Morgan fingerprint density at radius 3 is 3.00 bits per heavy atom. The van der Waals surface area contributed by atoms with Gasteiger partial charge in [0, 0.05) is 11.5 Å². The number of carboxylic acid groups (broad SMARTS) is 1. The van der Waals surface area contributed by atoms with Crippen molar-refractivity contribution in [2.45, 2.75) is 12.3 Å². The van der Waals surface area contributed by atoms with E-state index in [9.17, 15) is 4.79 Å². The molecule has 0 saturated carbocycles. The van der Waals surface area contributed by atoms with Gasteiger partial charge in [-0.3, -0.25) is 4.79 Å². The highest BCUT2D eigenvalue weighted by Gasteiger charge is 2.19. The summed E-state index contributed by atoms with van der Waals surface area (Å²) in [6.07, 6.45) is 3.43. The van der Waals surface area contributed by atoms with Gasteiger partial charge in [0.25, 0.3) is 0 Å². The number of carboxylic acids is 1. The van der Waals surface area contributed by atoms with Crippen LogP contribution in [0.3, 0.4) is 0 Å². The SMILES string of the molecule is O=C(O)CC1C=COc2ccccc21. The Labute approximate surface area is 81.6 Å². The van der Waals surface area contributed by atoms with Gasteiger partial charge in [0.2, 0.25) is 0 Å². The molecule has 1 unspecified atom stereocenters. The molecule has 1 aliphatic rings. The second-order valence-corrected chi connectivity index (χ2v) is 3.19. The fourth-order valence-electron chi connectivity index (χ4n) is 1.57. The van der Waals surface area contributed by atoms with Gasteiger partial charge < -0.3 is 9.84 Å². The molecule has 0 bridgehead atoms. The molecule has 1 aliphatic heterocycles. The summed E-state index contributed by atoms with van der Waals surface area (Å²) in [7, 11) is 0. The molecule has 1 heterocycles. The first-order valence-corrected chi connectivity index (χ1v) is 4.41. The molecule has 3 nitrogen and oxygen atoms in total. The molecule has 1 N–H and O–H groups in total. The van der Waals surface area contributed by atoms with Crippen molar-refractivity contribution in [1.82, 2.24) is 0 Å². The van der Waals surface area contributed by atoms with Gasteiger partial charge in [-0.1, -0.05) is 18.2 Å². The Hall–Kier alpha value is -1.77. The molecule has 2 rings (SSSR count). The Bertz CT molecular complexity index is 382. The third-order valence-corrected chi connectivity index (χ3v) is 2.22. The van der Waals surface area contributed by atoms with Gasteiger partial charge in [-0.2, -0.15) is 0 Å². The van der Waals surface area contributed by atoms with Crippen molar-refractivity contribution in [3.63, 3.8) is 0 Å². The summed E-state index contributed by atoms with van der Waals surface area (Å²) < 4.78 is 5.26. The third kappa shape index (κ3) is 1.62. The van der Waals surface area contributed by atoms with Crippen LogP contribution in [0.5, 0.6) is 5.75 Å². The zero-order valence-electron chi connectivity index (χ0n) is 7.51. The lowest BCUT2D eigenvalue weighted by molar-refractivity contribution is -0.137. The monoisotopic (exact) mass is 190 g/mol. The molecule has 0 spiro atoms. The van der Waals surface area contributed by atoms with Crippen LogP contribution < -0.4 is 4.74 Å². The number of benzene rings is 1. The van der Waals surface area contributed by atoms with E-state index in [0.29, 0.717) is 0 Å². The first-order chi connectivity index (χ1) is 6.77. The molecule has 14 heavy (non-hydrogen) atoms. The number of carbonyl (C=O) groups is 1. The van der Waals surface area contributed by atoms with E-state index in [0.717, 1.165) is 11.3 Å². The maximum absolute atomic E-state index is 10.6. The maximum Gasteiger partial charge on any atom is 0.304 e. The summed E-state index contributed by atoms with van der Waals surface area (Å²) in [5, 5.41) is 8.72. The van der Waals surface area contributed by atoms with Crippen molar-refractivity contribution in [3.8, 4) is 5.75 Å². The number of ether oxygens (including phenoxy) is 1. The van der Waals surface area contributed by atoms with E-state index in [-0.39, 0.29) is 12.3 Å². The minimum atomic E-state index is -0.795. The van der Waals surface area contributed by atoms with Gasteiger partial charge in [0.05, 0.1) is 12.7 Å². The molecule has 0 radical (unpaired) electrons. The average Bonchev–Trinajstić information content (AvgIpc) is 2.18. The van der Waals surface area contributed by atoms with E-state index in [4.69, 9.17) is 9.84 Å². The Balaban J connectivity index is 2.31. The Morgan fingerprint density at radius 2 is 2.21 bits per heavy atom. The summed E-state index contributed by atoms with van der Waals surface area (Å²) in [4.78, 5) is 10.6. The number of fused-ring (bicyclic) bond motifs is 1. The van der Waals surface area contributed by atoms with Crippen molar-refractivity contribution in [2.24, 2.45) is 0 Å². The zero-order valence-corrected chi connectivity index (χ0v) is 7.51. The van der Waals surface area contributed by atoms with Gasteiger partial charge in [-0.05, 0) is 12.1 Å². The molecule has 0 amide bonds. The van der Waals surface area contributed by atoms with Crippen LogP contribution in [0.1, 0.15) is 17.9 Å². The summed E-state index contributed by atoms with van der Waals surface area (Å²) in [5.74, 6) is -0.116. The highest BCUT2D eigenvalue weighted by molar-refractivity contribution is 5.69. The molecule has 1 aromatic carbocycles. The highest BCUT2D eigenvalue weighted by Crippen LogP contribution is 2.33. The summed E-state index contributed by atoms with van der Waals surface area (Å²) in [5.41, 5.74) is 0.942. The minimum absolute atomic E-state index is 0.0718. The van der Waals surface area contributed by atoms with E-state index < -0.39 is 5.97 Å². The Kier molecular flexibility index (Phi) is 2.23. The quantitative estimate of drug-likeness (QED) is 0.777. The summed E-state index contributed by atoms with van der Waals surface area (Å²) in [6, 6.07) is 7.49. The van der Waals surface area contributed by atoms with Crippen molar-refractivity contribution in [3.05, 3.63) is 42.2 Å². The third-order valence-electron chi connectivity index (χ3n) is 2.22. The lowest BCUT2D eigenvalue weighted by Crippen LogP contribution is -2.08. The zero-order chi connectivity index (χ0) is 9.97. The summed E-state index contributed by atoms with van der Waals surface area (Å²) in [6.45, 7) is 0. The number of para-hydroxylation sites is 1. The molecule has 1 aromatic rings. The van der Waals surface area contributed by atoms with Crippen molar-refractivity contribution < 1.29 is 14.6 Å². The van der Waals surface area contributed by atoms with E-state index in [1.54, 1.807) is 12.3 Å². The summed E-state index contributed by atoms with van der Waals surface area (Å²) >= 11 is 0. The molecular weight excluding hydrogens is 180 g/mol. The topological polar surface area (TPSA) is 46.5 Å². The van der Waals surface area contributed by atoms with Gasteiger partial charge in [0.1, 0.15) is 5.75 Å². The van der Waals surface area contributed by atoms with Crippen LogP contribution in [-0.2, 0) is 4.79 Å². The van der Waals surface area contributed by atoms with Gasteiger partial charge in [-0.25, -0.2) is 0 Å². The number of hydrogen-bond acceptors (Lipinski definition) is 2. The largest absolute Gasteiger partial charge is 0.481 e. The lowest BCUT2D eigenvalue weighted by atomic mass is 9.94. The molecule has 3 heteroatoms. The van der Waals surface area contributed by atoms with Crippen LogP contribution in [0.4, 0.5) is 0 Å². The smallest absolute Gasteiger partial charge is 0.304 e. The van der Waals surface area contributed by atoms with Crippen LogP contribution in [-0.4, -0.2) is 11.1 Å². The second-order valence-electron chi connectivity index (χ2n) is 3.19. The first kappa shape index (κ1) is 8.81. The molecule has 1 atom stereocenters. The molecule has 0 aliphatic carbocycles. The van der Waals surface area contributed by atoms with Crippen molar-refractivity contribution in [2.75, 3.05) is 0 Å². The van der Waals surface area contributed by atoms with E-state index in [2.05, 4.69) is 0 Å². The van der Waals surface area contributed by atoms with Crippen LogP contribution in [0, 0.1) is 0 Å². The Morgan fingerprint density at radius 1 is 1.43 bits per heavy atom. The van der Waals surface area contributed by atoms with Crippen LogP contribution >= 0.6 is 0 Å². The number of allylic oxidation sites excluding steroid dienone is 1. The fourth-order valence-corrected chi connectivity index (χ4v) is 1.57. The normalized spacial score (nSPS) is 18.4. The highest BCUT2D eigenvalue weighted by atomic mass is 16.5. The lowest BCUT2D eigenvalue weighted by Gasteiger charge is -2.18. The first-order valence-electron chi connectivity index (χ1n) is 4.41.